The summed E-state index contributed by atoms with van der Waals surface area (Å²) in [7, 11) is -2.08. The highest BCUT2D eigenvalue weighted by molar-refractivity contribution is 7.93. The lowest BCUT2D eigenvalue weighted by Crippen LogP contribution is -1.98. The average molecular weight is 198 g/mol. The zero-order valence-electron chi connectivity index (χ0n) is 8.15. The van der Waals surface area contributed by atoms with E-state index in [1.165, 1.54) is 0 Å². The normalized spacial score (nSPS) is 15.0. The fourth-order valence-corrected chi connectivity index (χ4v) is 1.47. The minimum absolute atomic E-state index is 0.558. The summed E-state index contributed by atoms with van der Waals surface area (Å²) < 4.78 is 15.7. The maximum absolute atomic E-state index is 11.6. The molecular weight excluding hydrogens is 184 g/mol. The minimum Gasteiger partial charge on any atom is -0.250 e. The Kier molecular flexibility index (Phi) is 3.03. The predicted molar refractivity (Wildman–Crippen MR) is 55.7 cm³/mol. The van der Waals surface area contributed by atoms with Gasteiger partial charge in [-0.05, 0) is 19.1 Å². The molecule has 1 heterocycles. The van der Waals surface area contributed by atoms with Crippen LogP contribution in [0.3, 0.4) is 0 Å². The van der Waals surface area contributed by atoms with Crippen molar-refractivity contribution in [3.8, 4) is 0 Å². The van der Waals surface area contributed by atoms with Gasteiger partial charge in [0.15, 0.2) is 5.82 Å². The molecule has 0 bridgehead atoms. The van der Waals surface area contributed by atoms with Crippen LogP contribution in [-0.2, 0) is 9.73 Å². The van der Waals surface area contributed by atoms with Crippen molar-refractivity contribution in [3.05, 3.63) is 23.9 Å². The summed E-state index contributed by atoms with van der Waals surface area (Å²) in [5, 5.41) is 0. The Morgan fingerprint density at radius 3 is 2.77 bits per heavy atom. The van der Waals surface area contributed by atoms with E-state index < -0.39 is 9.73 Å². The maximum Gasteiger partial charge on any atom is 0.161 e. The van der Waals surface area contributed by atoms with E-state index >= 15 is 0 Å². The molecule has 0 spiro atoms. The third kappa shape index (κ3) is 3.14. The highest BCUT2D eigenvalue weighted by atomic mass is 32.2. The van der Waals surface area contributed by atoms with Gasteiger partial charge >= 0.3 is 0 Å². The number of hydrogen-bond acceptors (Lipinski definition) is 3. The van der Waals surface area contributed by atoms with Crippen LogP contribution in [-0.4, -0.2) is 21.2 Å². The molecule has 0 saturated heterocycles. The van der Waals surface area contributed by atoms with Crippen molar-refractivity contribution in [2.75, 3.05) is 12.0 Å². The molecule has 72 valence electrons. The van der Waals surface area contributed by atoms with E-state index in [0.29, 0.717) is 11.6 Å². The summed E-state index contributed by atoms with van der Waals surface area (Å²) in [6.45, 7) is 3.75. The second kappa shape index (κ2) is 3.87. The minimum atomic E-state index is -2.08. The summed E-state index contributed by atoms with van der Waals surface area (Å²) >= 11 is 0. The fraction of sp³-hybridized carbons (Fsp3) is 0.444. The molecule has 1 unspecified atom stereocenters. The maximum atomic E-state index is 11.6. The van der Waals surface area contributed by atoms with Gasteiger partial charge in [0.05, 0.1) is 9.73 Å². The lowest BCUT2D eigenvalue weighted by molar-refractivity contribution is 0.681. The van der Waals surface area contributed by atoms with E-state index in [9.17, 15) is 4.21 Å². The van der Waals surface area contributed by atoms with Crippen molar-refractivity contribution >= 4 is 15.5 Å². The molecule has 1 atom stereocenters. The van der Waals surface area contributed by atoms with E-state index in [2.05, 4.69) is 9.35 Å². The molecule has 0 N–H and O–H groups in total. The second-order valence-electron chi connectivity index (χ2n) is 2.98. The SMILES string of the molecule is CCS(C)(=O)=Nc1cccc(C)n1. The molecule has 0 saturated carbocycles. The first-order valence-electron chi connectivity index (χ1n) is 4.17. The molecule has 0 aliphatic heterocycles. The lowest BCUT2D eigenvalue weighted by Gasteiger charge is -1.99. The van der Waals surface area contributed by atoms with Gasteiger partial charge in [0.1, 0.15) is 0 Å². The smallest absolute Gasteiger partial charge is 0.161 e. The van der Waals surface area contributed by atoms with Gasteiger partial charge in [-0.3, -0.25) is 0 Å². The van der Waals surface area contributed by atoms with E-state index in [4.69, 9.17) is 0 Å². The van der Waals surface area contributed by atoms with Crippen LogP contribution in [0.1, 0.15) is 12.6 Å². The van der Waals surface area contributed by atoms with Crippen LogP contribution >= 0.6 is 0 Å². The number of aryl methyl sites for hydroxylation is 1. The van der Waals surface area contributed by atoms with Gasteiger partial charge in [-0.1, -0.05) is 13.0 Å². The molecule has 0 radical (unpaired) electrons. The van der Waals surface area contributed by atoms with Gasteiger partial charge in [-0.25, -0.2) is 9.19 Å². The van der Waals surface area contributed by atoms with Gasteiger partial charge in [-0.2, -0.15) is 4.36 Å². The van der Waals surface area contributed by atoms with Crippen molar-refractivity contribution in [1.82, 2.24) is 4.98 Å². The van der Waals surface area contributed by atoms with E-state index in [1.807, 2.05) is 26.0 Å². The van der Waals surface area contributed by atoms with Crippen molar-refractivity contribution in [1.29, 1.82) is 0 Å². The van der Waals surface area contributed by atoms with Crippen LogP contribution in [0.15, 0.2) is 22.6 Å². The van der Waals surface area contributed by atoms with Crippen LogP contribution in [0.2, 0.25) is 0 Å². The first-order chi connectivity index (χ1) is 6.03. The summed E-state index contributed by atoms with van der Waals surface area (Å²) in [6.07, 6.45) is 1.65. The number of pyridine rings is 1. The summed E-state index contributed by atoms with van der Waals surface area (Å²) in [5.74, 6) is 1.12. The molecule has 0 fully saturated rings. The second-order valence-corrected chi connectivity index (χ2v) is 5.66. The van der Waals surface area contributed by atoms with Crippen molar-refractivity contribution in [3.63, 3.8) is 0 Å². The molecule has 0 aliphatic rings. The van der Waals surface area contributed by atoms with Crippen molar-refractivity contribution < 1.29 is 4.21 Å². The lowest BCUT2D eigenvalue weighted by atomic mass is 10.4. The third-order valence-corrected chi connectivity index (χ3v) is 3.34. The van der Waals surface area contributed by atoms with Crippen LogP contribution in [0.4, 0.5) is 5.82 Å². The van der Waals surface area contributed by atoms with Crippen LogP contribution in [0.5, 0.6) is 0 Å². The van der Waals surface area contributed by atoms with E-state index in [-0.39, 0.29) is 0 Å². The van der Waals surface area contributed by atoms with Crippen LogP contribution in [0.25, 0.3) is 0 Å². The molecule has 1 aromatic rings. The van der Waals surface area contributed by atoms with Crippen molar-refractivity contribution in [2.45, 2.75) is 13.8 Å². The number of aromatic nitrogens is 1. The molecule has 4 heteroatoms. The first kappa shape index (κ1) is 10.2. The van der Waals surface area contributed by atoms with Gasteiger partial charge < -0.3 is 0 Å². The Morgan fingerprint density at radius 2 is 2.23 bits per heavy atom. The number of nitrogens with zero attached hydrogens (tertiary/aromatic N) is 2. The molecule has 0 aliphatic carbocycles. The Morgan fingerprint density at radius 1 is 1.54 bits per heavy atom. The highest BCUT2D eigenvalue weighted by Crippen LogP contribution is 2.10. The molecule has 1 aromatic heterocycles. The molecular formula is C9H14N2OS. The topological polar surface area (TPSA) is 42.3 Å². The molecule has 1 rings (SSSR count). The first-order valence-corrected chi connectivity index (χ1v) is 6.26. The molecule has 0 aromatic carbocycles. The van der Waals surface area contributed by atoms with Gasteiger partial charge in [0, 0.05) is 17.7 Å². The number of hydrogen-bond donors (Lipinski definition) is 0. The Balaban J connectivity index is 3.12. The van der Waals surface area contributed by atoms with Gasteiger partial charge in [0.25, 0.3) is 0 Å². The highest BCUT2D eigenvalue weighted by Gasteiger charge is 1.98. The van der Waals surface area contributed by atoms with E-state index in [0.717, 1.165) is 5.69 Å². The van der Waals surface area contributed by atoms with E-state index in [1.54, 1.807) is 12.3 Å². The standard InChI is InChI=1S/C9H14N2OS/c1-4-13(3,12)11-9-7-5-6-8(2)10-9/h5-7H,4H2,1-3H3. The fourth-order valence-electron chi connectivity index (χ4n) is 0.842. The van der Waals surface area contributed by atoms with Gasteiger partial charge in [-0.15, -0.1) is 0 Å². The predicted octanol–water partition coefficient (Wildman–Crippen LogP) is 2.14. The summed E-state index contributed by atoms with van der Waals surface area (Å²) in [4.78, 5) is 4.16. The largest absolute Gasteiger partial charge is 0.250 e. The monoisotopic (exact) mass is 198 g/mol. The summed E-state index contributed by atoms with van der Waals surface area (Å²) in [6, 6.07) is 5.53. The summed E-state index contributed by atoms with van der Waals surface area (Å²) in [5.41, 5.74) is 0.896. The third-order valence-electron chi connectivity index (χ3n) is 1.70. The van der Waals surface area contributed by atoms with Gasteiger partial charge in [0.2, 0.25) is 0 Å². The quantitative estimate of drug-likeness (QED) is 0.730. The Bertz CT molecular complexity index is 406. The van der Waals surface area contributed by atoms with Crippen LogP contribution in [0, 0.1) is 6.92 Å². The molecule has 13 heavy (non-hydrogen) atoms. The van der Waals surface area contributed by atoms with Crippen molar-refractivity contribution in [2.24, 2.45) is 4.36 Å². The Hall–Kier alpha value is -0.900. The Labute approximate surface area is 79.4 Å². The zero-order chi connectivity index (χ0) is 9.90. The molecule has 0 amide bonds. The zero-order valence-corrected chi connectivity index (χ0v) is 8.97. The molecule has 3 nitrogen and oxygen atoms in total. The number of rotatable bonds is 2. The van der Waals surface area contributed by atoms with Crippen LogP contribution < -0.4 is 0 Å². The average Bonchev–Trinajstić information content (AvgIpc) is 2.03.